The van der Waals surface area contributed by atoms with Crippen LogP contribution < -0.4 is 10.1 Å². The van der Waals surface area contributed by atoms with Crippen molar-refractivity contribution in [2.24, 2.45) is 5.92 Å². The smallest absolute Gasteiger partial charge is 0.169 e. The summed E-state index contributed by atoms with van der Waals surface area (Å²) in [5.41, 5.74) is 0.684. The second-order valence-corrected chi connectivity index (χ2v) is 4.93. The fourth-order valence-corrected chi connectivity index (χ4v) is 2.50. The van der Waals surface area contributed by atoms with Gasteiger partial charge in [0.1, 0.15) is 0 Å². The number of rotatable bonds is 4. The van der Waals surface area contributed by atoms with E-state index >= 15 is 0 Å². The van der Waals surface area contributed by atoms with Crippen molar-refractivity contribution in [1.82, 2.24) is 5.32 Å². The number of nitrogens with one attached hydrogen (secondary N) is 1. The van der Waals surface area contributed by atoms with E-state index in [1.54, 1.807) is 6.07 Å². The monoisotopic (exact) mass is 237 g/mol. The lowest BCUT2D eigenvalue weighted by atomic mass is 10.1. The fraction of sp³-hybridized carbons (Fsp3) is 0.571. The van der Waals surface area contributed by atoms with Crippen molar-refractivity contribution in [2.45, 2.75) is 38.8 Å². The van der Waals surface area contributed by atoms with E-state index in [9.17, 15) is 4.39 Å². The van der Waals surface area contributed by atoms with Crippen molar-refractivity contribution in [1.29, 1.82) is 0 Å². The first-order valence-corrected chi connectivity index (χ1v) is 6.25. The first-order chi connectivity index (χ1) is 8.20. The summed E-state index contributed by atoms with van der Waals surface area (Å²) in [6, 6.07) is 5.83. The van der Waals surface area contributed by atoms with E-state index in [1.165, 1.54) is 26.4 Å². The van der Waals surface area contributed by atoms with E-state index in [0.29, 0.717) is 23.9 Å². The summed E-state index contributed by atoms with van der Waals surface area (Å²) in [7, 11) is 1.49. The van der Waals surface area contributed by atoms with E-state index in [-0.39, 0.29) is 5.82 Å². The van der Waals surface area contributed by atoms with Gasteiger partial charge in [0.2, 0.25) is 0 Å². The van der Waals surface area contributed by atoms with Crippen LogP contribution in [0.5, 0.6) is 5.75 Å². The Morgan fingerprint density at radius 3 is 2.88 bits per heavy atom. The third-order valence-electron chi connectivity index (χ3n) is 3.54. The van der Waals surface area contributed by atoms with Gasteiger partial charge in [-0.3, -0.25) is 0 Å². The van der Waals surface area contributed by atoms with Crippen molar-refractivity contribution in [3.63, 3.8) is 0 Å². The highest BCUT2D eigenvalue weighted by atomic mass is 19.1. The summed E-state index contributed by atoms with van der Waals surface area (Å²) in [6.07, 6.45) is 3.68. The van der Waals surface area contributed by atoms with Gasteiger partial charge in [0.05, 0.1) is 7.11 Å². The van der Waals surface area contributed by atoms with E-state index in [1.807, 2.05) is 12.1 Å². The van der Waals surface area contributed by atoms with Crippen LogP contribution in [0.3, 0.4) is 0 Å². The van der Waals surface area contributed by atoms with Gasteiger partial charge in [-0.2, -0.15) is 0 Å². The Morgan fingerprint density at radius 1 is 1.41 bits per heavy atom. The molecule has 2 unspecified atom stereocenters. The Bertz CT molecular complexity index is 380. The average molecular weight is 237 g/mol. The van der Waals surface area contributed by atoms with Crippen molar-refractivity contribution >= 4 is 0 Å². The standard InChI is InChI=1S/C14H20FNO/c1-10-6-7-12(8-10)16-9-11-4-3-5-13(17-2)14(11)15/h3-5,10,12,16H,6-9H2,1-2H3. The molecule has 2 nitrogen and oxygen atoms in total. The van der Waals surface area contributed by atoms with Crippen molar-refractivity contribution < 1.29 is 9.13 Å². The molecule has 17 heavy (non-hydrogen) atoms. The van der Waals surface area contributed by atoms with Crippen molar-refractivity contribution in [2.75, 3.05) is 7.11 Å². The molecule has 0 aromatic heterocycles. The Labute approximate surface area is 102 Å². The highest BCUT2D eigenvalue weighted by Gasteiger charge is 2.21. The van der Waals surface area contributed by atoms with Gasteiger partial charge in [-0.1, -0.05) is 19.1 Å². The van der Waals surface area contributed by atoms with E-state index in [2.05, 4.69) is 12.2 Å². The van der Waals surface area contributed by atoms with Crippen molar-refractivity contribution in [3.05, 3.63) is 29.6 Å². The average Bonchev–Trinajstić information content (AvgIpc) is 2.74. The van der Waals surface area contributed by atoms with Gasteiger partial charge in [-0.05, 0) is 31.2 Å². The molecule has 0 radical (unpaired) electrons. The molecule has 1 aromatic rings. The quantitative estimate of drug-likeness (QED) is 0.868. The summed E-state index contributed by atoms with van der Waals surface area (Å²) >= 11 is 0. The minimum atomic E-state index is -0.242. The number of hydrogen-bond donors (Lipinski definition) is 1. The first kappa shape index (κ1) is 12.4. The molecule has 0 saturated heterocycles. The molecule has 94 valence electrons. The van der Waals surface area contributed by atoms with Crippen LogP contribution in [-0.4, -0.2) is 13.2 Å². The molecule has 1 N–H and O–H groups in total. The van der Waals surface area contributed by atoms with Crippen LogP contribution in [0.25, 0.3) is 0 Å². The molecule has 0 amide bonds. The zero-order chi connectivity index (χ0) is 12.3. The summed E-state index contributed by atoms with van der Waals surface area (Å²) < 4.78 is 18.8. The molecule has 2 atom stereocenters. The molecule has 0 spiro atoms. The summed E-state index contributed by atoms with van der Waals surface area (Å²) in [5.74, 6) is 0.875. The van der Waals surface area contributed by atoms with E-state index < -0.39 is 0 Å². The molecule has 2 rings (SSSR count). The second-order valence-electron chi connectivity index (χ2n) is 4.93. The van der Waals surface area contributed by atoms with Gasteiger partial charge in [0.25, 0.3) is 0 Å². The van der Waals surface area contributed by atoms with Crippen molar-refractivity contribution in [3.8, 4) is 5.75 Å². The Hall–Kier alpha value is -1.09. The molecule has 1 fully saturated rings. The van der Waals surface area contributed by atoms with Crippen LogP contribution >= 0.6 is 0 Å². The lowest BCUT2D eigenvalue weighted by molar-refractivity contribution is 0.382. The predicted octanol–water partition coefficient (Wildman–Crippen LogP) is 3.11. The molecule has 0 heterocycles. The lowest BCUT2D eigenvalue weighted by Crippen LogP contribution is -2.26. The topological polar surface area (TPSA) is 21.3 Å². The normalized spacial score (nSPS) is 23.9. The number of benzene rings is 1. The number of hydrogen-bond acceptors (Lipinski definition) is 2. The van der Waals surface area contributed by atoms with Crippen LogP contribution in [0.1, 0.15) is 31.7 Å². The highest BCUT2D eigenvalue weighted by molar-refractivity contribution is 5.30. The third-order valence-corrected chi connectivity index (χ3v) is 3.54. The Balaban J connectivity index is 1.95. The zero-order valence-electron chi connectivity index (χ0n) is 10.5. The summed E-state index contributed by atoms with van der Waals surface area (Å²) in [5, 5.41) is 3.42. The largest absolute Gasteiger partial charge is 0.494 e. The summed E-state index contributed by atoms with van der Waals surface area (Å²) in [4.78, 5) is 0. The van der Waals surface area contributed by atoms with Gasteiger partial charge < -0.3 is 10.1 Å². The lowest BCUT2D eigenvalue weighted by Gasteiger charge is -2.13. The molecule has 3 heteroatoms. The van der Waals surface area contributed by atoms with Crippen LogP contribution in [0.2, 0.25) is 0 Å². The molecule has 1 saturated carbocycles. The van der Waals surface area contributed by atoms with Crippen LogP contribution in [0.15, 0.2) is 18.2 Å². The number of ether oxygens (including phenoxy) is 1. The van der Waals surface area contributed by atoms with E-state index in [0.717, 1.165) is 5.92 Å². The predicted molar refractivity (Wildman–Crippen MR) is 66.6 cm³/mol. The molecule has 1 aliphatic rings. The molecule has 1 aromatic carbocycles. The second kappa shape index (κ2) is 5.50. The minimum Gasteiger partial charge on any atom is -0.494 e. The van der Waals surface area contributed by atoms with Gasteiger partial charge in [0.15, 0.2) is 11.6 Å². The highest BCUT2D eigenvalue weighted by Crippen LogP contribution is 2.25. The Morgan fingerprint density at radius 2 is 2.24 bits per heavy atom. The van der Waals surface area contributed by atoms with E-state index in [4.69, 9.17) is 4.74 Å². The number of halogens is 1. The first-order valence-electron chi connectivity index (χ1n) is 6.25. The maximum atomic E-state index is 13.9. The maximum absolute atomic E-state index is 13.9. The number of methoxy groups -OCH3 is 1. The third kappa shape index (κ3) is 2.97. The SMILES string of the molecule is COc1cccc(CNC2CCC(C)C2)c1F. The van der Waals surface area contributed by atoms with Gasteiger partial charge in [0, 0.05) is 18.2 Å². The molecule has 0 bridgehead atoms. The van der Waals surface area contributed by atoms with Gasteiger partial charge in [-0.25, -0.2) is 4.39 Å². The molecule has 0 aliphatic heterocycles. The molecular weight excluding hydrogens is 217 g/mol. The zero-order valence-corrected chi connectivity index (χ0v) is 10.5. The van der Waals surface area contributed by atoms with Crippen LogP contribution in [0, 0.1) is 11.7 Å². The molecule has 1 aliphatic carbocycles. The summed E-state index contributed by atoms with van der Waals surface area (Å²) in [6.45, 7) is 2.86. The molecular formula is C14H20FNO. The minimum absolute atomic E-state index is 0.242. The maximum Gasteiger partial charge on any atom is 0.169 e. The van der Waals surface area contributed by atoms with Crippen LogP contribution in [0.4, 0.5) is 4.39 Å². The van der Waals surface area contributed by atoms with Gasteiger partial charge >= 0.3 is 0 Å². The van der Waals surface area contributed by atoms with Gasteiger partial charge in [-0.15, -0.1) is 0 Å². The van der Waals surface area contributed by atoms with Crippen LogP contribution in [-0.2, 0) is 6.54 Å². The Kier molecular flexibility index (Phi) is 4.00. The fourth-order valence-electron chi connectivity index (χ4n) is 2.50.